The number of aryl methyl sites for hydroxylation is 2. The van der Waals surface area contributed by atoms with Crippen LogP contribution in [0.3, 0.4) is 0 Å². The molecule has 16 heteroatoms. The predicted molar refractivity (Wildman–Crippen MR) is 271 cm³/mol. The van der Waals surface area contributed by atoms with Crippen molar-refractivity contribution in [2.24, 2.45) is 14.1 Å². The Balaban J connectivity index is 0.000000159. The second-order valence-corrected chi connectivity index (χ2v) is 17.5. The minimum absolute atomic E-state index is 0. The van der Waals surface area contributed by atoms with E-state index in [1.165, 1.54) is 57.7 Å². The molecule has 337 valence electrons. The van der Waals surface area contributed by atoms with E-state index in [-0.39, 0.29) is 31.6 Å². The third-order valence-electron chi connectivity index (χ3n) is 9.15. The molecule has 1 radical (unpaired) electrons. The fraction of sp³-hybridized carbons (Fsp3) is 0.0800. The first-order chi connectivity index (χ1) is 31.6. The van der Waals surface area contributed by atoms with Crippen LogP contribution in [0, 0.1) is 6.07 Å². The van der Waals surface area contributed by atoms with Crippen LogP contribution in [0.4, 0.5) is 0 Å². The number of imidazole rings is 2. The molecule has 0 aliphatic heterocycles. The molecule has 0 aliphatic carbocycles. The molecule has 10 rings (SSSR count). The second-order valence-electron chi connectivity index (χ2n) is 14.0. The van der Waals surface area contributed by atoms with Crippen LogP contribution in [-0.4, -0.2) is 56.9 Å². The molecule has 7 heterocycles. The Bertz CT molecular complexity index is 2790. The Labute approximate surface area is 414 Å². The van der Waals surface area contributed by atoms with Crippen LogP contribution in [0.25, 0.3) is 59.8 Å². The molecule has 3 N–H and O–H groups in total. The number of carbonyl (C=O) groups excluding carboxylic acids is 1. The summed E-state index contributed by atoms with van der Waals surface area (Å²) in [7, 11) is 2.63. The van der Waals surface area contributed by atoms with E-state index in [0.29, 0.717) is 5.46 Å². The Morgan fingerprint density at radius 3 is 1.70 bits per heavy atom. The summed E-state index contributed by atoms with van der Waals surface area (Å²) >= 11 is 6.64. The van der Waals surface area contributed by atoms with Gasteiger partial charge in [-0.2, -0.15) is 22.5 Å². The number of aromatic nitrogens is 6. The number of thiophene rings is 4. The van der Waals surface area contributed by atoms with Crippen LogP contribution in [0.15, 0.2) is 191 Å². The number of carbonyl (C=O) groups is 1. The summed E-state index contributed by atoms with van der Waals surface area (Å²) in [5, 5.41) is 40.7. The van der Waals surface area contributed by atoms with Crippen molar-refractivity contribution in [2.45, 2.75) is 13.8 Å². The normalized spacial score (nSPS) is 10.4. The first-order valence-corrected chi connectivity index (χ1v) is 23.7. The molecule has 7 aromatic heterocycles. The van der Waals surface area contributed by atoms with Gasteiger partial charge in [0.15, 0.2) is 5.78 Å². The van der Waals surface area contributed by atoms with Crippen molar-refractivity contribution in [3.05, 3.63) is 197 Å². The molecule has 66 heavy (non-hydrogen) atoms. The van der Waals surface area contributed by atoms with Gasteiger partial charge in [-0.15, -0.1) is 28.2 Å². The number of hydrogen-bond acceptors (Lipinski definition) is 11. The van der Waals surface area contributed by atoms with Crippen LogP contribution in [-0.2, 0) is 39.0 Å². The van der Waals surface area contributed by atoms with Crippen molar-refractivity contribution < 1.29 is 40.1 Å². The molecule has 0 fully saturated rings. The van der Waals surface area contributed by atoms with Gasteiger partial charge in [0.25, 0.3) is 0 Å². The maximum absolute atomic E-state index is 10.0. The molecule has 0 unspecified atom stereocenters. The van der Waals surface area contributed by atoms with E-state index < -0.39 is 7.12 Å². The number of ketones is 1. The Hall–Kier alpha value is -6.07. The number of aliphatic hydroxyl groups excluding tert-OH is 1. The van der Waals surface area contributed by atoms with Gasteiger partial charge in [0.05, 0.1) is 11.4 Å². The van der Waals surface area contributed by atoms with Crippen LogP contribution in [0.5, 0.6) is 0 Å². The SMILES string of the molecule is CC(=O)C=C(C)O.Cn1ccnc1-c1[c-]csc1-c1ccccc1.Cn1ccnc1-c1ccsc1-c1ccccc1.OB(O)c1ccsc1-c1ccccc1.[Ir].c1cnn(-c2ccsc2)c1. The van der Waals surface area contributed by atoms with Crippen molar-refractivity contribution in [1.29, 1.82) is 0 Å². The van der Waals surface area contributed by atoms with Crippen LogP contribution in [0.1, 0.15) is 13.8 Å². The molecule has 3 aromatic carbocycles. The van der Waals surface area contributed by atoms with Gasteiger partial charge >= 0.3 is 7.12 Å². The zero-order chi connectivity index (χ0) is 46.0. The maximum Gasteiger partial charge on any atom is 0.489 e. The third-order valence-corrected chi connectivity index (χ3v) is 12.7. The fourth-order valence-electron chi connectivity index (χ4n) is 6.22. The molecule has 0 atom stereocenters. The van der Waals surface area contributed by atoms with Gasteiger partial charge in [-0.3, -0.25) is 4.79 Å². The van der Waals surface area contributed by atoms with E-state index in [1.807, 2.05) is 125 Å². The standard InChI is InChI=1S/C14H12N2S.C14H11N2S.C10H9BO2S.C7H6N2S.C5H8O2.Ir/c2*1-16-9-8-15-14(16)12-7-10-17-13(12)11-5-3-2-4-6-11;12-11(13)9-6-7-14-10(9)8-4-2-1-3-5-8;1-3-8-9(4-1)7-2-5-10-6-7;1-4(6)3-5(2)7;/h2-10H,1H3;2-6,8-10H,1H3;1-7,12-13H;1-6H;3,6H,1-2H3;/q;-1;;;;. The zero-order valence-electron chi connectivity index (χ0n) is 36.4. The molecule has 0 aliphatic rings. The summed E-state index contributed by atoms with van der Waals surface area (Å²) in [6, 6.07) is 41.6. The van der Waals surface area contributed by atoms with Gasteiger partial charge in [0, 0.05) is 102 Å². The number of aliphatic hydroxyl groups is 1. The number of allylic oxidation sites excluding steroid dienone is 2. The summed E-state index contributed by atoms with van der Waals surface area (Å²) in [6.45, 7) is 2.85. The van der Waals surface area contributed by atoms with E-state index in [4.69, 9.17) is 15.2 Å². The predicted octanol–water partition coefficient (Wildman–Crippen LogP) is 11.5. The first-order valence-electron chi connectivity index (χ1n) is 20.1. The average Bonchev–Trinajstić information content (AvgIpc) is 4.17. The van der Waals surface area contributed by atoms with Gasteiger partial charge in [-0.05, 0) is 66.4 Å². The monoisotopic (exact) mass is 1130 g/mol. The first kappa shape index (κ1) is 50.9. The summed E-state index contributed by atoms with van der Waals surface area (Å²) in [4.78, 5) is 22.2. The van der Waals surface area contributed by atoms with Crippen molar-refractivity contribution in [3.63, 3.8) is 0 Å². The Morgan fingerprint density at radius 2 is 1.21 bits per heavy atom. The molecular weight excluding hydrogens is 1080 g/mol. The van der Waals surface area contributed by atoms with E-state index in [9.17, 15) is 4.79 Å². The van der Waals surface area contributed by atoms with E-state index in [0.717, 1.165) is 33.3 Å². The number of benzene rings is 3. The van der Waals surface area contributed by atoms with Crippen molar-refractivity contribution in [2.75, 3.05) is 0 Å². The van der Waals surface area contributed by atoms with Crippen LogP contribution >= 0.6 is 45.3 Å². The topological polar surface area (TPSA) is 131 Å². The van der Waals surface area contributed by atoms with Gasteiger partial charge in [0.2, 0.25) is 0 Å². The van der Waals surface area contributed by atoms with Gasteiger partial charge in [-0.25, -0.2) is 21.0 Å². The number of nitrogens with zero attached hydrogens (tertiary/aromatic N) is 6. The molecule has 0 amide bonds. The quantitative estimate of drug-likeness (QED) is 0.0598. The van der Waals surface area contributed by atoms with E-state index in [1.54, 1.807) is 46.3 Å². The van der Waals surface area contributed by atoms with Gasteiger partial charge in [-0.1, -0.05) is 113 Å². The summed E-state index contributed by atoms with van der Waals surface area (Å²) in [6.07, 6.45) is 12.5. The molecule has 0 spiro atoms. The molecule has 10 aromatic rings. The number of hydrogen-bond donors (Lipinski definition) is 3. The Morgan fingerprint density at radius 1 is 0.652 bits per heavy atom. The minimum atomic E-state index is -1.39. The maximum atomic E-state index is 10.0. The minimum Gasteiger partial charge on any atom is -0.512 e. The largest absolute Gasteiger partial charge is 0.512 e. The van der Waals surface area contributed by atoms with Gasteiger partial charge < -0.3 is 29.3 Å². The molecule has 0 saturated heterocycles. The molecule has 10 nitrogen and oxygen atoms in total. The van der Waals surface area contributed by atoms with E-state index in [2.05, 4.69) is 91.1 Å². The summed E-state index contributed by atoms with van der Waals surface area (Å²) in [5.41, 5.74) is 7.47. The van der Waals surface area contributed by atoms with Gasteiger partial charge in [0.1, 0.15) is 5.82 Å². The van der Waals surface area contributed by atoms with Crippen molar-refractivity contribution in [1.82, 2.24) is 28.9 Å². The summed E-state index contributed by atoms with van der Waals surface area (Å²) < 4.78 is 5.91. The van der Waals surface area contributed by atoms with Crippen molar-refractivity contribution >= 4 is 63.7 Å². The average molecular weight is 1130 g/mol. The molecular formula is C50H46BIrN6O4S4-. The zero-order valence-corrected chi connectivity index (χ0v) is 42.0. The van der Waals surface area contributed by atoms with Crippen LogP contribution < -0.4 is 5.46 Å². The van der Waals surface area contributed by atoms with Crippen LogP contribution in [0.2, 0.25) is 0 Å². The smallest absolute Gasteiger partial charge is 0.489 e. The number of rotatable bonds is 8. The third kappa shape index (κ3) is 14.5. The fourth-order valence-corrected chi connectivity index (χ4v) is 9.51. The Kier molecular flexibility index (Phi) is 20.2. The van der Waals surface area contributed by atoms with Crippen molar-refractivity contribution in [3.8, 4) is 59.8 Å². The second kappa shape index (κ2) is 26.2. The van der Waals surface area contributed by atoms with E-state index >= 15 is 0 Å². The molecule has 0 saturated carbocycles. The summed E-state index contributed by atoms with van der Waals surface area (Å²) in [5.74, 6) is 1.92. The molecule has 0 bridgehead atoms.